The Hall–Kier alpha value is -1.05. The second-order valence-electron chi connectivity index (χ2n) is 2.62. The number of ether oxygens (including phenoxy) is 1. The molecule has 0 radical (unpaired) electrons. The van der Waals surface area contributed by atoms with Crippen LogP contribution in [-0.4, -0.2) is 12.2 Å². The summed E-state index contributed by atoms with van der Waals surface area (Å²) in [6.45, 7) is 0. The van der Waals surface area contributed by atoms with Crippen LogP contribution in [0.1, 0.15) is 5.56 Å². The quantitative estimate of drug-likeness (QED) is 0.556. The molecule has 16 heavy (non-hydrogen) atoms. The Morgan fingerprint density at radius 3 is 2.50 bits per heavy atom. The molecule has 86 valence electrons. The van der Waals surface area contributed by atoms with Gasteiger partial charge in [0.25, 0.3) is 0 Å². The lowest BCUT2D eigenvalue weighted by atomic mass is 10.2. The highest BCUT2D eigenvalue weighted by molar-refractivity contribution is 6.31. The van der Waals surface area contributed by atoms with Crippen molar-refractivity contribution in [3.63, 3.8) is 0 Å². The van der Waals surface area contributed by atoms with Gasteiger partial charge in [-0.25, -0.2) is 0 Å². The van der Waals surface area contributed by atoms with Gasteiger partial charge < -0.3 is 4.74 Å². The summed E-state index contributed by atoms with van der Waals surface area (Å²) in [5, 5.41) is 0.0827. The third kappa shape index (κ3) is 4.21. The van der Waals surface area contributed by atoms with E-state index in [1.165, 1.54) is 6.07 Å². The Kier molecular flexibility index (Phi) is 4.34. The molecule has 0 aliphatic rings. The van der Waals surface area contributed by atoms with Gasteiger partial charge in [-0.1, -0.05) is 23.4 Å². The summed E-state index contributed by atoms with van der Waals surface area (Å²) in [5.74, 6) is 4.88. The van der Waals surface area contributed by atoms with Gasteiger partial charge in [0.1, 0.15) is 5.75 Å². The van der Waals surface area contributed by atoms with Gasteiger partial charge in [-0.3, -0.25) is 0 Å². The summed E-state index contributed by atoms with van der Waals surface area (Å²) in [5.41, 5.74) is 0.400. The van der Waals surface area contributed by atoms with Gasteiger partial charge in [0.2, 0.25) is 0 Å². The summed E-state index contributed by atoms with van der Waals surface area (Å²) in [7, 11) is 0. The SMILES string of the molecule is FC(F)(F)Oc1ccc(C#CCCl)c(Cl)c1. The standard InChI is InChI=1S/C10H5Cl2F3O/c11-5-1-2-7-3-4-8(6-9(7)12)16-10(13,14)15/h3-4,6H,5H2. The first-order chi connectivity index (χ1) is 7.42. The predicted octanol–water partition coefficient (Wildman–Crippen LogP) is 3.83. The third-order valence-corrected chi connectivity index (χ3v) is 1.91. The molecule has 1 rings (SSSR count). The van der Waals surface area contributed by atoms with Gasteiger partial charge in [0.15, 0.2) is 0 Å². The van der Waals surface area contributed by atoms with E-state index >= 15 is 0 Å². The fourth-order valence-electron chi connectivity index (χ4n) is 0.923. The molecule has 0 unspecified atom stereocenters. The fraction of sp³-hybridized carbons (Fsp3) is 0.200. The van der Waals surface area contributed by atoms with Crippen molar-refractivity contribution in [1.82, 2.24) is 0 Å². The molecule has 0 saturated heterocycles. The van der Waals surface area contributed by atoms with Crippen molar-refractivity contribution >= 4 is 23.2 Å². The number of benzene rings is 1. The molecule has 0 spiro atoms. The molecule has 0 saturated carbocycles. The summed E-state index contributed by atoms with van der Waals surface area (Å²) < 4.78 is 39.3. The van der Waals surface area contributed by atoms with E-state index in [0.717, 1.165) is 12.1 Å². The van der Waals surface area contributed by atoms with E-state index in [1.54, 1.807) is 0 Å². The van der Waals surface area contributed by atoms with Crippen LogP contribution in [-0.2, 0) is 0 Å². The highest BCUT2D eigenvalue weighted by atomic mass is 35.5. The first-order valence-corrected chi connectivity index (χ1v) is 4.94. The van der Waals surface area contributed by atoms with E-state index in [4.69, 9.17) is 23.2 Å². The molecule has 1 aromatic rings. The summed E-state index contributed by atoms with van der Waals surface area (Å²) in [6, 6.07) is 3.52. The molecule has 0 aliphatic carbocycles. The van der Waals surface area contributed by atoms with E-state index < -0.39 is 6.36 Å². The van der Waals surface area contributed by atoms with Crippen molar-refractivity contribution in [1.29, 1.82) is 0 Å². The lowest BCUT2D eigenvalue weighted by molar-refractivity contribution is -0.274. The molecule has 0 aromatic heterocycles. The Labute approximate surface area is 100 Å². The minimum absolute atomic E-state index is 0.0827. The first kappa shape index (κ1) is 13.0. The van der Waals surface area contributed by atoms with Gasteiger partial charge in [-0.05, 0) is 12.1 Å². The van der Waals surface area contributed by atoms with Crippen molar-refractivity contribution in [3.8, 4) is 17.6 Å². The van der Waals surface area contributed by atoms with E-state index in [-0.39, 0.29) is 16.7 Å². The van der Waals surface area contributed by atoms with Gasteiger partial charge in [0, 0.05) is 11.6 Å². The molecule has 6 heteroatoms. The molecule has 0 atom stereocenters. The summed E-state index contributed by atoms with van der Waals surface area (Å²) in [4.78, 5) is 0. The van der Waals surface area contributed by atoms with Crippen LogP contribution in [0.5, 0.6) is 5.75 Å². The molecule has 0 amide bonds. The van der Waals surface area contributed by atoms with Crippen molar-refractivity contribution in [3.05, 3.63) is 28.8 Å². The van der Waals surface area contributed by atoms with Gasteiger partial charge in [-0.2, -0.15) is 0 Å². The Morgan fingerprint density at radius 2 is 2.00 bits per heavy atom. The first-order valence-electron chi connectivity index (χ1n) is 4.02. The van der Waals surface area contributed by atoms with E-state index in [9.17, 15) is 13.2 Å². The van der Waals surface area contributed by atoms with Crippen LogP contribution in [0.3, 0.4) is 0 Å². The lowest BCUT2D eigenvalue weighted by Gasteiger charge is -2.09. The highest BCUT2D eigenvalue weighted by Crippen LogP contribution is 2.27. The molecule has 0 N–H and O–H groups in total. The zero-order chi connectivity index (χ0) is 12.2. The second kappa shape index (κ2) is 5.33. The molecule has 1 nitrogen and oxygen atoms in total. The van der Waals surface area contributed by atoms with Crippen molar-refractivity contribution in [2.24, 2.45) is 0 Å². The third-order valence-electron chi connectivity index (χ3n) is 1.46. The Bertz CT molecular complexity index is 432. The largest absolute Gasteiger partial charge is 0.573 e. The van der Waals surface area contributed by atoms with Crippen LogP contribution in [0.4, 0.5) is 13.2 Å². The monoisotopic (exact) mass is 268 g/mol. The van der Waals surface area contributed by atoms with Crippen LogP contribution in [0.15, 0.2) is 18.2 Å². The number of hydrogen-bond donors (Lipinski definition) is 0. The van der Waals surface area contributed by atoms with Gasteiger partial charge in [-0.15, -0.1) is 24.8 Å². The zero-order valence-electron chi connectivity index (χ0n) is 7.74. The van der Waals surface area contributed by atoms with Crippen molar-refractivity contribution < 1.29 is 17.9 Å². The molecule has 1 aromatic carbocycles. The van der Waals surface area contributed by atoms with Crippen LogP contribution in [0, 0.1) is 11.8 Å². The van der Waals surface area contributed by atoms with Crippen molar-refractivity contribution in [2.75, 3.05) is 5.88 Å². The predicted molar refractivity (Wildman–Crippen MR) is 55.7 cm³/mol. The van der Waals surface area contributed by atoms with Crippen molar-refractivity contribution in [2.45, 2.75) is 6.36 Å². The number of alkyl halides is 4. The maximum absolute atomic E-state index is 11.9. The molecule has 0 bridgehead atoms. The minimum Gasteiger partial charge on any atom is -0.406 e. The fourth-order valence-corrected chi connectivity index (χ4v) is 1.21. The summed E-state index contributed by atoms with van der Waals surface area (Å²) in [6.07, 6.45) is -4.73. The molecule has 0 fully saturated rings. The number of rotatable bonds is 1. The van der Waals surface area contributed by atoms with Crippen LogP contribution in [0.25, 0.3) is 0 Å². The average molecular weight is 269 g/mol. The van der Waals surface area contributed by atoms with Crippen LogP contribution >= 0.6 is 23.2 Å². The van der Waals surface area contributed by atoms with E-state index in [0.29, 0.717) is 5.56 Å². The Balaban J connectivity index is 2.91. The molecular weight excluding hydrogens is 264 g/mol. The number of halogens is 5. The van der Waals surface area contributed by atoms with Crippen LogP contribution < -0.4 is 4.74 Å². The lowest BCUT2D eigenvalue weighted by Crippen LogP contribution is -2.17. The second-order valence-corrected chi connectivity index (χ2v) is 3.30. The minimum atomic E-state index is -4.73. The maximum atomic E-state index is 11.9. The van der Waals surface area contributed by atoms with Gasteiger partial charge >= 0.3 is 6.36 Å². The topological polar surface area (TPSA) is 9.23 Å². The van der Waals surface area contributed by atoms with E-state index in [2.05, 4.69) is 16.6 Å². The molecule has 0 heterocycles. The maximum Gasteiger partial charge on any atom is 0.573 e. The molecule has 0 aliphatic heterocycles. The average Bonchev–Trinajstić information content (AvgIpc) is 2.14. The smallest absolute Gasteiger partial charge is 0.406 e. The highest BCUT2D eigenvalue weighted by Gasteiger charge is 2.31. The van der Waals surface area contributed by atoms with Gasteiger partial charge in [0.05, 0.1) is 10.9 Å². The Morgan fingerprint density at radius 1 is 1.31 bits per heavy atom. The van der Waals surface area contributed by atoms with E-state index in [1.807, 2.05) is 0 Å². The molecular formula is C10H5Cl2F3O. The van der Waals surface area contributed by atoms with Crippen LogP contribution in [0.2, 0.25) is 5.02 Å². The normalized spacial score (nSPS) is 10.6. The number of hydrogen-bond acceptors (Lipinski definition) is 1. The summed E-state index contributed by atoms with van der Waals surface area (Å²) >= 11 is 11.0. The zero-order valence-corrected chi connectivity index (χ0v) is 9.25.